The van der Waals surface area contributed by atoms with Gasteiger partial charge in [-0.1, -0.05) is 36.4 Å². The van der Waals surface area contributed by atoms with Gasteiger partial charge >= 0.3 is 0 Å². The van der Waals surface area contributed by atoms with E-state index in [0.29, 0.717) is 12.2 Å². The number of rotatable bonds is 3. The molecule has 0 aliphatic carbocycles. The van der Waals surface area contributed by atoms with Gasteiger partial charge in [-0.05, 0) is 17.7 Å². The van der Waals surface area contributed by atoms with Crippen molar-refractivity contribution in [2.75, 3.05) is 6.79 Å². The average Bonchev–Trinajstić information content (AvgIpc) is 2.87. The van der Waals surface area contributed by atoms with E-state index < -0.39 is 0 Å². The van der Waals surface area contributed by atoms with E-state index in [1.165, 1.54) is 0 Å². The number of hydrogen-bond donors (Lipinski definition) is 0. The van der Waals surface area contributed by atoms with E-state index in [9.17, 15) is 4.79 Å². The van der Waals surface area contributed by atoms with E-state index in [1.807, 2.05) is 48.5 Å². The van der Waals surface area contributed by atoms with Crippen molar-refractivity contribution in [3.05, 3.63) is 59.7 Å². The van der Waals surface area contributed by atoms with E-state index in [2.05, 4.69) is 0 Å². The highest BCUT2D eigenvalue weighted by molar-refractivity contribution is 5.97. The van der Waals surface area contributed by atoms with Gasteiger partial charge in [-0.2, -0.15) is 0 Å². The quantitative estimate of drug-likeness (QED) is 0.774. The van der Waals surface area contributed by atoms with Gasteiger partial charge in [0.15, 0.2) is 17.3 Å². The molecule has 0 radical (unpaired) electrons. The molecule has 18 heavy (non-hydrogen) atoms. The number of hydrogen-bond acceptors (Lipinski definition) is 3. The van der Waals surface area contributed by atoms with Gasteiger partial charge in [0.25, 0.3) is 0 Å². The van der Waals surface area contributed by atoms with Crippen LogP contribution in [0.15, 0.2) is 48.5 Å². The molecule has 0 unspecified atom stereocenters. The maximum Gasteiger partial charge on any atom is 0.231 e. The first-order valence-corrected chi connectivity index (χ1v) is 5.80. The summed E-state index contributed by atoms with van der Waals surface area (Å²) in [5, 5.41) is 0. The molecule has 90 valence electrons. The molecule has 0 aromatic heterocycles. The van der Waals surface area contributed by atoms with Gasteiger partial charge in [0.1, 0.15) is 0 Å². The van der Waals surface area contributed by atoms with Crippen molar-refractivity contribution in [3.63, 3.8) is 0 Å². The predicted octanol–water partition coefficient (Wildman–Crippen LogP) is 2.84. The summed E-state index contributed by atoms with van der Waals surface area (Å²) in [6, 6.07) is 14.9. The summed E-state index contributed by atoms with van der Waals surface area (Å²) >= 11 is 0. The first-order valence-electron chi connectivity index (χ1n) is 5.80. The summed E-state index contributed by atoms with van der Waals surface area (Å²) in [4.78, 5) is 12.0. The van der Waals surface area contributed by atoms with Gasteiger partial charge in [0, 0.05) is 12.0 Å². The van der Waals surface area contributed by atoms with Crippen LogP contribution in [0.1, 0.15) is 15.9 Å². The second-order valence-corrected chi connectivity index (χ2v) is 4.15. The van der Waals surface area contributed by atoms with E-state index in [1.54, 1.807) is 0 Å². The van der Waals surface area contributed by atoms with E-state index in [4.69, 9.17) is 9.47 Å². The molecule has 0 amide bonds. The van der Waals surface area contributed by atoms with Gasteiger partial charge in [-0.25, -0.2) is 0 Å². The van der Waals surface area contributed by atoms with Crippen molar-refractivity contribution >= 4 is 5.78 Å². The molecular weight excluding hydrogens is 228 g/mol. The zero-order valence-corrected chi connectivity index (χ0v) is 9.76. The molecule has 0 bridgehead atoms. The second kappa shape index (κ2) is 4.53. The maximum absolute atomic E-state index is 12.0. The molecule has 3 heteroatoms. The molecule has 0 fully saturated rings. The van der Waals surface area contributed by atoms with Crippen molar-refractivity contribution < 1.29 is 14.3 Å². The van der Waals surface area contributed by atoms with Gasteiger partial charge in [-0.3, -0.25) is 4.79 Å². The highest BCUT2D eigenvalue weighted by Gasteiger charge is 2.14. The van der Waals surface area contributed by atoms with Crippen LogP contribution < -0.4 is 9.47 Å². The smallest absolute Gasteiger partial charge is 0.231 e. The SMILES string of the molecule is O=C(Cc1ccc2c(c1)OCO2)c1ccccc1. The molecule has 0 N–H and O–H groups in total. The van der Waals surface area contributed by atoms with E-state index >= 15 is 0 Å². The minimum absolute atomic E-state index is 0.106. The largest absolute Gasteiger partial charge is 0.454 e. The van der Waals surface area contributed by atoms with Gasteiger partial charge in [0.05, 0.1) is 0 Å². The van der Waals surface area contributed by atoms with Gasteiger partial charge < -0.3 is 9.47 Å². The first-order chi connectivity index (χ1) is 8.83. The molecule has 3 rings (SSSR count). The van der Waals surface area contributed by atoms with Crippen LogP contribution in [0.3, 0.4) is 0 Å². The molecule has 1 aliphatic heterocycles. The normalized spacial score (nSPS) is 12.4. The lowest BCUT2D eigenvalue weighted by molar-refractivity contribution is 0.0993. The van der Waals surface area contributed by atoms with E-state index in [0.717, 1.165) is 16.9 Å². The van der Waals surface area contributed by atoms with Crippen molar-refractivity contribution in [1.82, 2.24) is 0 Å². The zero-order chi connectivity index (χ0) is 12.4. The Morgan fingerprint density at radius 2 is 1.78 bits per heavy atom. The van der Waals surface area contributed by atoms with Crippen LogP contribution in [0.4, 0.5) is 0 Å². The molecule has 0 saturated carbocycles. The van der Waals surface area contributed by atoms with Crippen LogP contribution in [-0.2, 0) is 6.42 Å². The fourth-order valence-electron chi connectivity index (χ4n) is 1.96. The molecule has 0 atom stereocenters. The monoisotopic (exact) mass is 240 g/mol. The Morgan fingerprint density at radius 3 is 2.61 bits per heavy atom. The number of Topliss-reactive ketones (excluding diaryl/α,β-unsaturated/α-hetero) is 1. The third kappa shape index (κ3) is 2.07. The lowest BCUT2D eigenvalue weighted by Gasteiger charge is -2.03. The Bertz CT molecular complexity index is 576. The maximum atomic E-state index is 12.0. The number of carbonyl (C=O) groups is 1. The Hall–Kier alpha value is -2.29. The highest BCUT2D eigenvalue weighted by Crippen LogP contribution is 2.32. The minimum atomic E-state index is 0.106. The number of fused-ring (bicyclic) bond motifs is 1. The average molecular weight is 240 g/mol. The van der Waals surface area contributed by atoms with Crippen LogP contribution in [0, 0.1) is 0 Å². The van der Waals surface area contributed by atoms with Crippen molar-refractivity contribution in [1.29, 1.82) is 0 Å². The van der Waals surface area contributed by atoms with E-state index in [-0.39, 0.29) is 12.6 Å². The summed E-state index contributed by atoms with van der Waals surface area (Å²) in [7, 11) is 0. The fourth-order valence-corrected chi connectivity index (χ4v) is 1.96. The Labute approximate surface area is 105 Å². The number of ether oxygens (including phenoxy) is 2. The molecule has 3 nitrogen and oxygen atoms in total. The van der Waals surface area contributed by atoms with Crippen molar-refractivity contribution in [2.45, 2.75) is 6.42 Å². The molecule has 1 aliphatic rings. The molecule has 0 spiro atoms. The van der Waals surface area contributed by atoms with Crippen LogP contribution >= 0.6 is 0 Å². The Kier molecular flexibility index (Phi) is 2.73. The Balaban J connectivity index is 1.79. The molecular formula is C15H12O3. The number of benzene rings is 2. The second-order valence-electron chi connectivity index (χ2n) is 4.15. The molecule has 0 saturated heterocycles. The third-order valence-electron chi connectivity index (χ3n) is 2.90. The van der Waals surface area contributed by atoms with Crippen LogP contribution in [0.2, 0.25) is 0 Å². The summed E-state index contributed by atoms with van der Waals surface area (Å²) < 4.78 is 10.5. The number of carbonyl (C=O) groups excluding carboxylic acids is 1. The minimum Gasteiger partial charge on any atom is -0.454 e. The van der Waals surface area contributed by atoms with Crippen LogP contribution in [0.5, 0.6) is 11.5 Å². The zero-order valence-electron chi connectivity index (χ0n) is 9.76. The summed E-state index contributed by atoms with van der Waals surface area (Å²) in [6.45, 7) is 0.255. The Morgan fingerprint density at radius 1 is 1.00 bits per heavy atom. The van der Waals surface area contributed by atoms with Crippen LogP contribution in [-0.4, -0.2) is 12.6 Å². The first kappa shape index (κ1) is 10.8. The summed E-state index contributed by atoms with van der Waals surface area (Å²) in [5.74, 6) is 1.56. The van der Waals surface area contributed by atoms with Crippen LogP contribution in [0.25, 0.3) is 0 Å². The predicted molar refractivity (Wildman–Crippen MR) is 67.0 cm³/mol. The molecule has 2 aromatic rings. The van der Waals surface area contributed by atoms with Gasteiger partial charge in [0.2, 0.25) is 6.79 Å². The van der Waals surface area contributed by atoms with Gasteiger partial charge in [-0.15, -0.1) is 0 Å². The number of ketones is 1. The third-order valence-corrected chi connectivity index (χ3v) is 2.90. The molecule has 2 aromatic carbocycles. The summed E-state index contributed by atoms with van der Waals surface area (Å²) in [5.41, 5.74) is 1.67. The molecule has 1 heterocycles. The fraction of sp³-hybridized carbons (Fsp3) is 0.133. The lowest BCUT2D eigenvalue weighted by Crippen LogP contribution is -2.03. The standard InChI is InChI=1S/C15H12O3/c16-13(12-4-2-1-3-5-12)8-11-6-7-14-15(9-11)18-10-17-14/h1-7,9H,8,10H2. The van der Waals surface area contributed by atoms with Crippen molar-refractivity contribution in [3.8, 4) is 11.5 Å². The topological polar surface area (TPSA) is 35.5 Å². The lowest BCUT2D eigenvalue weighted by atomic mass is 10.0. The highest BCUT2D eigenvalue weighted by atomic mass is 16.7. The van der Waals surface area contributed by atoms with Crippen molar-refractivity contribution in [2.24, 2.45) is 0 Å². The summed E-state index contributed by atoms with van der Waals surface area (Å²) in [6.07, 6.45) is 0.376.